The van der Waals surface area contributed by atoms with E-state index in [1.54, 1.807) is 7.11 Å². The molecule has 3 heterocycles. The second kappa shape index (κ2) is 8.45. The smallest absolute Gasteiger partial charge is 0.265 e. The first-order valence-electron chi connectivity index (χ1n) is 10.8. The van der Waals surface area contributed by atoms with Crippen LogP contribution in [0.15, 0.2) is 53.1 Å². The van der Waals surface area contributed by atoms with Crippen molar-refractivity contribution >= 4 is 22.5 Å². The molecule has 2 aromatic carbocycles. The minimum absolute atomic E-state index is 0.269. The normalized spacial score (nSPS) is 14.7. The molecule has 0 N–H and O–H groups in total. The zero-order valence-corrected chi connectivity index (χ0v) is 18.5. The molecule has 0 atom stereocenters. The van der Waals surface area contributed by atoms with Crippen molar-refractivity contribution in [3.63, 3.8) is 0 Å². The molecule has 8 nitrogen and oxygen atoms in total. The van der Waals surface area contributed by atoms with Gasteiger partial charge in [-0.3, -0.25) is 0 Å². The number of ether oxygens (including phenoxy) is 1. The lowest BCUT2D eigenvalue weighted by Crippen LogP contribution is -2.34. The van der Waals surface area contributed by atoms with Crippen LogP contribution in [0.5, 0.6) is 5.75 Å². The second-order valence-electron chi connectivity index (χ2n) is 8.23. The predicted molar refractivity (Wildman–Crippen MR) is 124 cm³/mol. The fourth-order valence-corrected chi connectivity index (χ4v) is 4.20. The first kappa shape index (κ1) is 20.2. The maximum Gasteiger partial charge on any atom is 0.265 e. The van der Waals surface area contributed by atoms with Gasteiger partial charge in [0.1, 0.15) is 11.4 Å². The van der Waals surface area contributed by atoms with Gasteiger partial charge in [0, 0.05) is 49.4 Å². The number of aromatic nitrogens is 4. The van der Waals surface area contributed by atoms with Crippen LogP contribution < -0.4 is 14.5 Å². The van der Waals surface area contributed by atoms with E-state index < -0.39 is 0 Å². The second-order valence-corrected chi connectivity index (χ2v) is 8.23. The van der Waals surface area contributed by atoms with E-state index in [1.165, 1.54) is 0 Å². The fourth-order valence-electron chi connectivity index (χ4n) is 4.20. The molecule has 0 aliphatic carbocycles. The third kappa shape index (κ3) is 3.72. The van der Waals surface area contributed by atoms with Gasteiger partial charge in [-0.05, 0) is 42.3 Å². The van der Waals surface area contributed by atoms with E-state index in [2.05, 4.69) is 43.4 Å². The number of fused-ring (bicyclic) bond motifs is 1. The molecule has 1 aliphatic rings. The Labute approximate surface area is 186 Å². The maximum absolute atomic E-state index is 5.50. The van der Waals surface area contributed by atoms with E-state index in [9.17, 15) is 0 Å². The van der Waals surface area contributed by atoms with Gasteiger partial charge in [-0.1, -0.05) is 24.3 Å². The van der Waals surface area contributed by atoms with Gasteiger partial charge in [0.15, 0.2) is 5.82 Å². The number of nitrogens with zero attached hydrogens (tertiary/aromatic N) is 6. The van der Waals surface area contributed by atoms with Crippen LogP contribution in [0.1, 0.15) is 24.7 Å². The molecular formula is C24H26N6O2. The van der Waals surface area contributed by atoms with Gasteiger partial charge in [-0.2, -0.15) is 4.98 Å². The lowest BCUT2D eigenvalue weighted by atomic mass is 9.96. The summed E-state index contributed by atoms with van der Waals surface area (Å²) in [5.74, 6) is 3.36. The molecule has 0 spiro atoms. The van der Waals surface area contributed by atoms with Crippen molar-refractivity contribution in [3.05, 3.63) is 54.4 Å². The predicted octanol–water partition coefficient (Wildman–Crippen LogP) is 4.14. The number of hydrogen-bond acceptors (Lipinski definition) is 8. The zero-order valence-electron chi connectivity index (χ0n) is 18.5. The van der Waals surface area contributed by atoms with Crippen LogP contribution in [0.3, 0.4) is 0 Å². The molecule has 4 aromatic rings. The Balaban J connectivity index is 1.40. The fraction of sp³-hybridized carbons (Fsp3) is 0.333. The van der Waals surface area contributed by atoms with Crippen LogP contribution in [0, 0.1) is 0 Å². The lowest BCUT2D eigenvalue weighted by molar-refractivity contribution is 0.329. The standard InChI is InChI=1S/C24H26N6O2/c1-29(2)24-25-23(32-28-24)17-12-14-30(15-13-17)22-20-7-5-4-6-19(20)21(26-27-22)16-8-10-18(31-3)11-9-16/h4-11,17H,12-15H2,1-3H3. The molecule has 0 unspecified atom stereocenters. The molecular weight excluding hydrogens is 404 g/mol. The van der Waals surface area contributed by atoms with E-state index in [4.69, 9.17) is 9.26 Å². The van der Waals surface area contributed by atoms with Gasteiger partial charge in [-0.15, -0.1) is 10.2 Å². The molecule has 0 radical (unpaired) electrons. The molecule has 0 saturated carbocycles. The molecule has 0 amide bonds. The molecule has 8 heteroatoms. The molecule has 2 aromatic heterocycles. The highest BCUT2D eigenvalue weighted by atomic mass is 16.5. The highest BCUT2D eigenvalue weighted by Crippen LogP contribution is 2.35. The Morgan fingerprint density at radius 1 is 0.969 bits per heavy atom. The summed E-state index contributed by atoms with van der Waals surface area (Å²) in [7, 11) is 5.50. The minimum atomic E-state index is 0.269. The maximum atomic E-state index is 5.50. The Hall–Kier alpha value is -3.68. The van der Waals surface area contributed by atoms with Crippen LogP contribution in [0.25, 0.3) is 22.0 Å². The Kier molecular flexibility index (Phi) is 5.34. The van der Waals surface area contributed by atoms with E-state index in [0.717, 1.165) is 65.4 Å². The summed E-state index contributed by atoms with van der Waals surface area (Å²) in [6, 6.07) is 16.3. The van der Waals surface area contributed by atoms with Crippen molar-refractivity contribution in [1.82, 2.24) is 20.3 Å². The Morgan fingerprint density at radius 3 is 2.34 bits per heavy atom. The number of rotatable bonds is 5. The first-order valence-corrected chi connectivity index (χ1v) is 10.8. The number of methoxy groups -OCH3 is 1. The third-order valence-corrected chi connectivity index (χ3v) is 6.01. The highest BCUT2D eigenvalue weighted by Gasteiger charge is 2.27. The van der Waals surface area contributed by atoms with Crippen molar-refractivity contribution in [2.24, 2.45) is 0 Å². The van der Waals surface area contributed by atoms with Crippen LogP contribution in [0.4, 0.5) is 11.8 Å². The largest absolute Gasteiger partial charge is 0.497 e. The molecule has 1 fully saturated rings. The van der Waals surface area contributed by atoms with Crippen LogP contribution in [-0.2, 0) is 0 Å². The van der Waals surface area contributed by atoms with Crippen molar-refractivity contribution in [2.75, 3.05) is 44.1 Å². The van der Waals surface area contributed by atoms with Crippen molar-refractivity contribution in [2.45, 2.75) is 18.8 Å². The van der Waals surface area contributed by atoms with Gasteiger partial charge < -0.3 is 19.1 Å². The number of benzene rings is 2. The summed E-state index contributed by atoms with van der Waals surface area (Å²) in [5.41, 5.74) is 1.90. The molecule has 32 heavy (non-hydrogen) atoms. The van der Waals surface area contributed by atoms with Crippen molar-refractivity contribution in [3.8, 4) is 17.0 Å². The number of hydrogen-bond donors (Lipinski definition) is 0. The quantitative estimate of drug-likeness (QED) is 0.467. The van der Waals surface area contributed by atoms with Gasteiger partial charge in [-0.25, -0.2) is 0 Å². The summed E-state index contributed by atoms with van der Waals surface area (Å²) in [6.07, 6.45) is 1.87. The average molecular weight is 431 g/mol. The monoisotopic (exact) mass is 430 g/mol. The van der Waals surface area contributed by atoms with Gasteiger partial charge in [0.25, 0.3) is 5.95 Å². The minimum Gasteiger partial charge on any atom is -0.497 e. The summed E-state index contributed by atoms with van der Waals surface area (Å²) >= 11 is 0. The van der Waals surface area contributed by atoms with Crippen LogP contribution in [0.2, 0.25) is 0 Å². The summed E-state index contributed by atoms with van der Waals surface area (Å²) < 4.78 is 10.8. The summed E-state index contributed by atoms with van der Waals surface area (Å²) in [4.78, 5) is 8.70. The zero-order chi connectivity index (χ0) is 22.1. The van der Waals surface area contributed by atoms with Gasteiger partial charge >= 0.3 is 0 Å². The highest BCUT2D eigenvalue weighted by molar-refractivity contribution is 6.00. The summed E-state index contributed by atoms with van der Waals surface area (Å²) in [6.45, 7) is 1.73. The molecule has 164 valence electrons. The molecule has 1 aliphatic heterocycles. The van der Waals surface area contributed by atoms with Crippen LogP contribution in [-0.4, -0.2) is 54.6 Å². The Bertz CT molecular complexity index is 1210. The summed E-state index contributed by atoms with van der Waals surface area (Å²) in [5, 5.41) is 15.5. The van der Waals surface area contributed by atoms with E-state index >= 15 is 0 Å². The van der Waals surface area contributed by atoms with E-state index in [-0.39, 0.29) is 5.92 Å². The Morgan fingerprint density at radius 2 is 1.69 bits per heavy atom. The van der Waals surface area contributed by atoms with Gasteiger partial charge in [0.2, 0.25) is 5.89 Å². The third-order valence-electron chi connectivity index (χ3n) is 6.01. The first-order chi connectivity index (χ1) is 15.6. The number of piperidine rings is 1. The molecule has 1 saturated heterocycles. The number of anilines is 2. The van der Waals surface area contributed by atoms with Gasteiger partial charge in [0.05, 0.1) is 7.11 Å². The van der Waals surface area contributed by atoms with E-state index in [1.807, 2.05) is 49.3 Å². The average Bonchev–Trinajstić information content (AvgIpc) is 3.34. The topological polar surface area (TPSA) is 80.4 Å². The molecule has 5 rings (SSSR count). The van der Waals surface area contributed by atoms with E-state index in [0.29, 0.717) is 5.95 Å². The van der Waals surface area contributed by atoms with Crippen LogP contribution >= 0.6 is 0 Å². The SMILES string of the molecule is COc1ccc(-c2nnc(N3CCC(c4nc(N(C)C)no4)CC3)c3ccccc23)cc1. The lowest BCUT2D eigenvalue weighted by Gasteiger charge is -2.31. The van der Waals surface area contributed by atoms with Crippen molar-refractivity contribution in [1.29, 1.82) is 0 Å². The molecule has 0 bridgehead atoms. The van der Waals surface area contributed by atoms with Crippen molar-refractivity contribution < 1.29 is 9.26 Å².